The van der Waals surface area contributed by atoms with E-state index < -0.39 is 0 Å². The third-order valence-corrected chi connectivity index (χ3v) is 7.77. The van der Waals surface area contributed by atoms with Gasteiger partial charge in [0.25, 0.3) is 0 Å². The van der Waals surface area contributed by atoms with Gasteiger partial charge in [-0.15, -0.1) is 11.3 Å². The van der Waals surface area contributed by atoms with Crippen molar-refractivity contribution in [1.82, 2.24) is 9.97 Å². The van der Waals surface area contributed by atoms with Crippen LogP contribution in [-0.2, 0) is 16.6 Å². The number of pyridine rings is 1. The first-order valence-corrected chi connectivity index (χ1v) is 13.7. The summed E-state index contributed by atoms with van der Waals surface area (Å²) in [5.74, 6) is 1.78. The maximum atomic E-state index is 13.1. The van der Waals surface area contributed by atoms with Gasteiger partial charge in [-0.1, -0.05) is 71.9 Å². The SMILES string of the molecule is CCCCOc1nc(C(C)(C)C)ccc1CCC(=O)C(C)c1ccc2nc(SCC)sc2c1. The monoisotopic (exact) mass is 484 g/mol. The number of thioether (sulfide) groups is 1. The Kier molecular flexibility index (Phi) is 8.94. The molecule has 4 nitrogen and oxygen atoms in total. The van der Waals surface area contributed by atoms with Gasteiger partial charge >= 0.3 is 0 Å². The van der Waals surface area contributed by atoms with E-state index in [1.54, 1.807) is 23.1 Å². The molecule has 3 aromatic rings. The number of aromatic nitrogens is 2. The van der Waals surface area contributed by atoms with E-state index >= 15 is 0 Å². The minimum absolute atomic E-state index is 0.0451. The average Bonchev–Trinajstić information content (AvgIpc) is 3.18. The van der Waals surface area contributed by atoms with E-state index in [0.717, 1.165) is 50.0 Å². The zero-order valence-corrected chi connectivity index (χ0v) is 22.4. The van der Waals surface area contributed by atoms with Crippen molar-refractivity contribution in [1.29, 1.82) is 0 Å². The van der Waals surface area contributed by atoms with E-state index in [-0.39, 0.29) is 17.1 Å². The van der Waals surface area contributed by atoms with Crippen LogP contribution in [0, 0.1) is 0 Å². The molecule has 1 unspecified atom stereocenters. The summed E-state index contributed by atoms with van der Waals surface area (Å²) in [6.45, 7) is 13.4. The van der Waals surface area contributed by atoms with Crippen LogP contribution in [0.2, 0.25) is 0 Å². The van der Waals surface area contributed by atoms with Gasteiger partial charge in [-0.3, -0.25) is 4.79 Å². The fourth-order valence-electron chi connectivity index (χ4n) is 3.55. The van der Waals surface area contributed by atoms with Crippen molar-refractivity contribution in [3.8, 4) is 5.88 Å². The molecule has 0 aliphatic carbocycles. The topological polar surface area (TPSA) is 52.1 Å². The Morgan fingerprint density at radius 2 is 1.94 bits per heavy atom. The highest BCUT2D eigenvalue weighted by Crippen LogP contribution is 2.32. The van der Waals surface area contributed by atoms with E-state index in [2.05, 4.69) is 57.8 Å². The number of Topliss-reactive ketones (excluding diaryl/α,β-unsaturated/α-hetero) is 1. The molecule has 0 saturated heterocycles. The van der Waals surface area contributed by atoms with Crippen molar-refractivity contribution in [2.24, 2.45) is 0 Å². The van der Waals surface area contributed by atoms with Crippen molar-refractivity contribution in [2.75, 3.05) is 12.4 Å². The van der Waals surface area contributed by atoms with Gasteiger partial charge in [0, 0.05) is 29.0 Å². The summed E-state index contributed by atoms with van der Waals surface area (Å²) in [5.41, 5.74) is 4.05. The maximum absolute atomic E-state index is 13.1. The van der Waals surface area contributed by atoms with Crippen molar-refractivity contribution >= 4 is 39.1 Å². The number of hydrogen-bond donors (Lipinski definition) is 0. The first kappa shape index (κ1) is 25.7. The van der Waals surface area contributed by atoms with Crippen LogP contribution >= 0.6 is 23.1 Å². The standard InChI is InChI=1S/C27H36N2O2S2/c1-7-9-16-31-25-19(12-15-24(29-25)27(4,5)6)11-14-22(30)18(3)20-10-13-21-23(17-20)33-26(28-21)32-8-2/h10,12-13,15,17-18H,7-9,11,14,16H2,1-6H3. The fourth-order valence-corrected chi connectivity index (χ4v) is 5.56. The molecule has 0 aliphatic rings. The molecule has 0 bridgehead atoms. The van der Waals surface area contributed by atoms with Gasteiger partial charge < -0.3 is 4.74 Å². The fraction of sp³-hybridized carbons (Fsp3) is 0.519. The largest absolute Gasteiger partial charge is 0.477 e. The molecule has 1 atom stereocenters. The molecule has 0 amide bonds. The lowest BCUT2D eigenvalue weighted by atomic mass is 9.90. The number of carbonyl (C=O) groups is 1. The maximum Gasteiger partial charge on any atom is 0.216 e. The van der Waals surface area contributed by atoms with Crippen LogP contribution in [0.25, 0.3) is 10.2 Å². The molecule has 33 heavy (non-hydrogen) atoms. The van der Waals surface area contributed by atoms with E-state index in [1.165, 1.54) is 0 Å². The van der Waals surface area contributed by atoms with Gasteiger partial charge in [0.1, 0.15) is 5.78 Å². The summed E-state index contributed by atoms with van der Waals surface area (Å²) in [6, 6.07) is 10.4. The van der Waals surface area contributed by atoms with Gasteiger partial charge in [0.2, 0.25) is 5.88 Å². The van der Waals surface area contributed by atoms with Crippen LogP contribution in [0.4, 0.5) is 0 Å². The molecule has 0 N–H and O–H groups in total. The normalized spacial score (nSPS) is 12.8. The summed E-state index contributed by atoms with van der Waals surface area (Å²) in [6.07, 6.45) is 3.18. The van der Waals surface area contributed by atoms with Crippen LogP contribution in [0.15, 0.2) is 34.7 Å². The lowest BCUT2D eigenvalue weighted by molar-refractivity contribution is -0.120. The molecule has 2 heterocycles. The van der Waals surface area contributed by atoms with E-state index in [0.29, 0.717) is 25.3 Å². The number of hydrogen-bond acceptors (Lipinski definition) is 6. The number of ether oxygens (including phenoxy) is 1. The van der Waals surface area contributed by atoms with Crippen LogP contribution in [-0.4, -0.2) is 28.1 Å². The Hall–Kier alpha value is -1.92. The lowest BCUT2D eigenvalue weighted by Crippen LogP contribution is -2.16. The number of carbonyl (C=O) groups excluding carboxylic acids is 1. The Bertz CT molecular complexity index is 1090. The number of nitrogens with zero attached hydrogens (tertiary/aromatic N) is 2. The van der Waals surface area contributed by atoms with E-state index in [4.69, 9.17) is 9.72 Å². The summed E-state index contributed by atoms with van der Waals surface area (Å²) in [5, 5.41) is 0. The third-order valence-electron chi connectivity index (χ3n) is 5.73. The number of benzene rings is 1. The lowest BCUT2D eigenvalue weighted by Gasteiger charge is -2.20. The molecular formula is C27H36N2O2S2. The molecule has 2 aromatic heterocycles. The Labute approximate surface area is 206 Å². The first-order valence-electron chi connectivity index (χ1n) is 11.9. The summed E-state index contributed by atoms with van der Waals surface area (Å²) < 4.78 is 8.27. The van der Waals surface area contributed by atoms with Crippen molar-refractivity contribution < 1.29 is 9.53 Å². The Balaban J connectivity index is 1.71. The van der Waals surface area contributed by atoms with Crippen LogP contribution < -0.4 is 4.74 Å². The third kappa shape index (κ3) is 6.80. The molecule has 3 rings (SSSR count). The van der Waals surface area contributed by atoms with Gasteiger partial charge in [0.15, 0.2) is 4.34 Å². The Morgan fingerprint density at radius 3 is 2.64 bits per heavy atom. The molecule has 0 aliphatic heterocycles. The van der Waals surface area contributed by atoms with Crippen LogP contribution in [0.1, 0.15) is 83.5 Å². The highest BCUT2D eigenvalue weighted by Gasteiger charge is 2.20. The second-order valence-corrected chi connectivity index (χ2v) is 12.0. The number of aryl methyl sites for hydroxylation is 1. The Morgan fingerprint density at radius 1 is 1.15 bits per heavy atom. The van der Waals surface area contributed by atoms with Gasteiger partial charge in [-0.25, -0.2) is 9.97 Å². The van der Waals surface area contributed by atoms with Gasteiger partial charge in [-0.05, 0) is 42.4 Å². The zero-order valence-electron chi connectivity index (χ0n) is 20.7. The van der Waals surface area contributed by atoms with Crippen LogP contribution in [0.5, 0.6) is 5.88 Å². The number of unbranched alkanes of at least 4 members (excludes halogenated alkanes) is 1. The van der Waals surface area contributed by atoms with Crippen molar-refractivity contribution in [2.45, 2.75) is 82.9 Å². The van der Waals surface area contributed by atoms with Crippen LogP contribution in [0.3, 0.4) is 0 Å². The minimum Gasteiger partial charge on any atom is -0.477 e. The number of thiazole rings is 1. The second-order valence-electron chi connectivity index (χ2n) is 9.44. The second kappa shape index (κ2) is 11.5. The number of rotatable bonds is 11. The highest BCUT2D eigenvalue weighted by molar-refractivity contribution is 8.01. The predicted molar refractivity (Wildman–Crippen MR) is 141 cm³/mol. The number of fused-ring (bicyclic) bond motifs is 1. The van der Waals surface area contributed by atoms with E-state index in [1.807, 2.05) is 19.1 Å². The molecule has 0 radical (unpaired) electrons. The molecule has 178 valence electrons. The number of ketones is 1. The zero-order chi connectivity index (χ0) is 24.0. The summed E-state index contributed by atoms with van der Waals surface area (Å²) >= 11 is 3.47. The minimum atomic E-state index is -0.148. The molecule has 0 fully saturated rings. The highest BCUT2D eigenvalue weighted by atomic mass is 32.2. The average molecular weight is 485 g/mol. The predicted octanol–water partition coefficient (Wildman–Crippen LogP) is 7.59. The quantitative estimate of drug-likeness (QED) is 0.207. The van der Waals surface area contributed by atoms with E-state index in [9.17, 15) is 4.79 Å². The molecule has 0 spiro atoms. The first-order chi connectivity index (χ1) is 15.7. The molecular weight excluding hydrogens is 448 g/mol. The molecule has 0 saturated carbocycles. The van der Waals surface area contributed by atoms with Gasteiger partial charge in [-0.2, -0.15) is 0 Å². The molecule has 1 aromatic carbocycles. The summed E-state index contributed by atoms with van der Waals surface area (Å²) in [4.78, 5) is 22.6. The summed E-state index contributed by atoms with van der Waals surface area (Å²) in [7, 11) is 0. The molecule has 6 heteroatoms. The van der Waals surface area contributed by atoms with Crippen molar-refractivity contribution in [3.05, 3.63) is 47.2 Å². The smallest absolute Gasteiger partial charge is 0.216 e. The van der Waals surface area contributed by atoms with Crippen molar-refractivity contribution in [3.63, 3.8) is 0 Å². The van der Waals surface area contributed by atoms with Gasteiger partial charge in [0.05, 0.1) is 16.8 Å².